The zero-order valence-corrected chi connectivity index (χ0v) is 14.2. The van der Waals surface area contributed by atoms with Gasteiger partial charge in [0.1, 0.15) is 21.5 Å². The van der Waals surface area contributed by atoms with Gasteiger partial charge < -0.3 is 15.5 Å². The van der Waals surface area contributed by atoms with Gasteiger partial charge in [-0.25, -0.2) is 4.39 Å². The van der Waals surface area contributed by atoms with Gasteiger partial charge in [-0.05, 0) is 23.8 Å². The molecule has 0 radical (unpaired) electrons. The number of aromatic nitrogens is 1. The maximum absolute atomic E-state index is 13.8. The Balaban J connectivity index is 1.81. The number of anilines is 1. The molecular weight excluding hydrogens is 361 g/mol. The molecule has 2 aromatic heterocycles. The molecule has 8 heteroatoms. The molecule has 25 heavy (non-hydrogen) atoms. The number of nitrogens with one attached hydrogen (secondary N) is 1. The van der Waals surface area contributed by atoms with Crippen molar-refractivity contribution in [2.45, 2.75) is 0 Å². The van der Waals surface area contributed by atoms with E-state index in [9.17, 15) is 9.18 Å². The van der Waals surface area contributed by atoms with Crippen LogP contribution in [-0.2, 0) is 4.79 Å². The largest absolute Gasteiger partial charge is 0.456 e. The first-order valence-corrected chi connectivity index (χ1v) is 8.41. The van der Waals surface area contributed by atoms with Crippen LogP contribution in [0.1, 0.15) is 5.76 Å². The Bertz CT molecular complexity index is 1070. The van der Waals surface area contributed by atoms with Crippen LogP contribution in [0.5, 0.6) is 0 Å². The van der Waals surface area contributed by atoms with Crippen LogP contribution in [0.25, 0.3) is 28.2 Å². The summed E-state index contributed by atoms with van der Waals surface area (Å²) in [5, 5.41) is 3.29. The SMILES string of the molecule is Nc1ccc(-c2cncc3cc(/C=C4\SC(=S)NC4=O)oc23)cc1F. The number of rotatable bonds is 2. The summed E-state index contributed by atoms with van der Waals surface area (Å²) in [7, 11) is 0. The van der Waals surface area contributed by atoms with E-state index in [0.29, 0.717) is 31.7 Å². The van der Waals surface area contributed by atoms with Crippen molar-refractivity contribution < 1.29 is 13.6 Å². The number of carbonyl (C=O) groups excluding carboxylic acids is 1. The van der Waals surface area contributed by atoms with Crippen molar-refractivity contribution in [1.29, 1.82) is 0 Å². The number of nitrogen functional groups attached to an aromatic ring is 1. The second-order valence-electron chi connectivity index (χ2n) is 5.34. The fourth-order valence-corrected chi connectivity index (χ4v) is 3.53. The third kappa shape index (κ3) is 2.90. The average Bonchev–Trinajstić information content (AvgIpc) is 3.12. The number of amides is 1. The molecule has 1 aliphatic rings. The summed E-state index contributed by atoms with van der Waals surface area (Å²) in [5.74, 6) is -0.270. The van der Waals surface area contributed by atoms with Gasteiger partial charge in [-0.2, -0.15) is 0 Å². The number of nitrogens with two attached hydrogens (primary N) is 1. The molecule has 1 saturated heterocycles. The Morgan fingerprint density at radius 1 is 1.32 bits per heavy atom. The number of carbonyl (C=O) groups is 1. The van der Waals surface area contributed by atoms with Crippen LogP contribution in [0.3, 0.4) is 0 Å². The van der Waals surface area contributed by atoms with Gasteiger partial charge >= 0.3 is 0 Å². The molecule has 1 fully saturated rings. The molecule has 124 valence electrons. The number of thiocarbonyl (C=S) groups is 1. The van der Waals surface area contributed by atoms with E-state index in [4.69, 9.17) is 22.4 Å². The molecule has 0 unspecified atom stereocenters. The minimum Gasteiger partial charge on any atom is -0.456 e. The van der Waals surface area contributed by atoms with Crippen molar-refractivity contribution in [2.75, 3.05) is 5.73 Å². The molecule has 1 aromatic carbocycles. The lowest BCUT2D eigenvalue weighted by Crippen LogP contribution is -2.17. The summed E-state index contributed by atoms with van der Waals surface area (Å²) in [6.45, 7) is 0. The van der Waals surface area contributed by atoms with Gasteiger partial charge in [0.25, 0.3) is 5.91 Å². The van der Waals surface area contributed by atoms with E-state index in [1.807, 2.05) is 0 Å². The van der Waals surface area contributed by atoms with Crippen LogP contribution in [0.4, 0.5) is 10.1 Å². The van der Waals surface area contributed by atoms with E-state index < -0.39 is 5.82 Å². The molecule has 1 aliphatic heterocycles. The molecule has 3 heterocycles. The van der Waals surface area contributed by atoms with E-state index in [2.05, 4.69) is 10.3 Å². The highest BCUT2D eigenvalue weighted by Gasteiger charge is 2.23. The second-order valence-corrected chi connectivity index (χ2v) is 7.06. The predicted octanol–water partition coefficient (Wildman–Crippen LogP) is 3.70. The smallest absolute Gasteiger partial charge is 0.263 e. The monoisotopic (exact) mass is 371 g/mol. The maximum atomic E-state index is 13.8. The van der Waals surface area contributed by atoms with Crippen LogP contribution >= 0.6 is 24.0 Å². The van der Waals surface area contributed by atoms with Crippen molar-refractivity contribution >= 4 is 56.9 Å². The molecule has 3 aromatic rings. The molecule has 5 nitrogen and oxygen atoms in total. The molecule has 3 N–H and O–H groups in total. The lowest BCUT2D eigenvalue weighted by molar-refractivity contribution is -0.115. The van der Waals surface area contributed by atoms with Crippen molar-refractivity contribution in [3.63, 3.8) is 0 Å². The van der Waals surface area contributed by atoms with Crippen molar-refractivity contribution in [3.8, 4) is 11.1 Å². The summed E-state index contributed by atoms with van der Waals surface area (Å²) in [4.78, 5) is 16.4. The Labute approximate surface area is 151 Å². The van der Waals surface area contributed by atoms with Crippen molar-refractivity contribution in [1.82, 2.24) is 10.3 Å². The van der Waals surface area contributed by atoms with Gasteiger partial charge in [-0.3, -0.25) is 9.78 Å². The van der Waals surface area contributed by atoms with Crippen LogP contribution in [0.15, 0.2) is 46.0 Å². The van der Waals surface area contributed by atoms with Crippen molar-refractivity contribution in [2.24, 2.45) is 0 Å². The molecule has 0 spiro atoms. The van der Waals surface area contributed by atoms with E-state index in [1.165, 1.54) is 23.9 Å². The summed E-state index contributed by atoms with van der Waals surface area (Å²) in [5.41, 5.74) is 7.40. The van der Waals surface area contributed by atoms with E-state index in [-0.39, 0.29) is 11.6 Å². The molecule has 4 rings (SSSR count). The number of furan rings is 1. The number of nitrogens with zero attached hydrogens (tertiary/aromatic N) is 1. The lowest BCUT2D eigenvalue weighted by Gasteiger charge is -2.03. The summed E-state index contributed by atoms with van der Waals surface area (Å²) in [6, 6.07) is 6.30. The number of benzene rings is 1. The molecular formula is C17H10FN3O2S2. The van der Waals surface area contributed by atoms with Gasteiger partial charge in [0.15, 0.2) is 0 Å². The Morgan fingerprint density at radius 2 is 2.16 bits per heavy atom. The first kappa shape index (κ1) is 15.8. The maximum Gasteiger partial charge on any atom is 0.263 e. The van der Waals surface area contributed by atoms with Crippen molar-refractivity contribution in [3.05, 3.63) is 53.1 Å². The number of hydrogen-bond donors (Lipinski definition) is 2. The van der Waals surface area contributed by atoms with E-state index in [0.717, 1.165) is 5.39 Å². The third-order valence-electron chi connectivity index (χ3n) is 3.67. The lowest BCUT2D eigenvalue weighted by atomic mass is 10.1. The van der Waals surface area contributed by atoms with Gasteiger partial charge in [0.05, 0.1) is 10.6 Å². The number of pyridine rings is 1. The number of halogens is 1. The fourth-order valence-electron chi connectivity index (χ4n) is 2.50. The van der Waals surface area contributed by atoms with Gasteiger partial charge in [0.2, 0.25) is 0 Å². The highest BCUT2D eigenvalue weighted by atomic mass is 32.2. The van der Waals surface area contributed by atoms with Crippen LogP contribution < -0.4 is 11.1 Å². The summed E-state index contributed by atoms with van der Waals surface area (Å²) >= 11 is 6.14. The van der Waals surface area contributed by atoms with Crippen LogP contribution in [0.2, 0.25) is 0 Å². The Morgan fingerprint density at radius 3 is 2.88 bits per heavy atom. The van der Waals surface area contributed by atoms with Gasteiger partial charge in [-0.15, -0.1) is 0 Å². The minimum absolute atomic E-state index is 0.0778. The molecule has 0 saturated carbocycles. The first-order valence-electron chi connectivity index (χ1n) is 7.19. The first-order chi connectivity index (χ1) is 12.0. The highest BCUT2D eigenvalue weighted by Crippen LogP contribution is 2.33. The molecule has 0 bridgehead atoms. The van der Waals surface area contributed by atoms with Crippen LogP contribution in [0, 0.1) is 5.82 Å². The second kappa shape index (κ2) is 5.98. The third-order valence-corrected chi connectivity index (χ3v) is 4.83. The quantitative estimate of drug-likeness (QED) is 0.406. The number of fused-ring (bicyclic) bond motifs is 1. The standard InChI is InChI=1S/C17H10FN3O2S2/c18-12-4-8(1-2-13(12)19)11-7-20-6-9-3-10(23-15(9)11)5-14-16(22)21-17(24)25-14/h1-7H,19H2,(H,21,22,24)/b14-5-. The average molecular weight is 371 g/mol. The normalized spacial score (nSPS) is 16.0. The minimum atomic E-state index is -0.504. The number of thioether (sulfide) groups is 1. The zero-order valence-electron chi connectivity index (χ0n) is 12.6. The number of hydrogen-bond acceptors (Lipinski definition) is 6. The Kier molecular flexibility index (Phi) is 3.78. The topological polar surface area (TPSA) is 81.1 Å². The zero-order chi connectivity index (χ0) is 17.6. The van der Waals surface area contributed by atoms with Gasteiger partial charge in [-0.1, -0.05) is 30.0 Å². The van der Waals surface area contributed by atoms with Crippen LogP contribution in [-0.4, -0.2) is 15.2 Å². The molecule has 1 amide bonds. The molecule has 0 aliphatic carbocycles. The fraction of sp³-hybridized carbons (Fsp3) is 0. The summed E-state index contributed by atoms with van der Waals surface area (Å²) < 4.78 is 20.0. The molecule has 0 atom stereocenters. The Hall–Kier alpha value is -2.71. The summed E-state index contributed by atoms with van der Waals surface area (Å²) in [6.07, 6.45) is 4.86. The predicted molar refractivity (Wildman–Crippen MR) is 100 cm³/mol. The highest BCUT2D eigenvalue weighted by molar-refractivity contribution is 8.26. The van der Waals surface area contributed by atoms with Gasteiger partial charge in [0, 0.05) is 29.4 Å². The van der Waals surface area contributed by atoms with E-state index >= 15 is 0 Å². The van der Waals surface area contributed by atoms with E-state index in [1.54, 1.807) is 30.6 Å².